The molecule has 0 saturated heterocycles. The van der Waals surface area contributed by atoms with Crippen molar-refractivity contribution in [1.29, 1.82) is 0 Å². The van der Waals surface area contributed by atoms with Crippen LogP contribution in [0.5, 0.6) is 0 Å². The van der Waals surface area contributed by atoms with E-state index < -0.39 is 0 Å². The van der Waals surface area contributed by atoms with Gasteiger partial charge in [0.15, 0.2) is 0 Å². The third kappa shape index (κ3) is 18.7. The van der Waals surface area contributed by atoms with Gasteiger partial charge in [0.2, 0.25) is 0 Å². The van der Waals surface area contributed by atoms with Gasteiger partial charge in [0.25, 0.3) is 0 Å². The molecule has 0 aliphatic rings. The van der Waals surface area contributed by atoms with Crippen molar-refractivity contribution in [2.24, 2.45) is 0 Å². The zero-order valence-electron chi connectivity index (χ0n) is 2.12. The molecule has 0 unspecified atom stereocenters. The Labute approximate surface area is 104 Å². The molecule has 0 aromatic rings. The van der Waals surface area contributed by atoms with E-state index in [1.54, 1.807) is 0 Å². The Balaban J connectivity index is -0.00000000167. The van der Waals surface area contributed by atoms with E-state index in [1.807, 2.05) is 25.7 Å². The molecule has 0 heterocycles. The Morgan fingerprint density at radius 2 is 1.20 bits per heavy atom. The first-order valence-corrected chi connectivity index (χ1v) is 2.42. The summed E-state index contributed by atoms with van der Waals surface area (Å²) in [6.45, 7) is 0. The molecule has 5 heavy (non-hydrogen) atoms. The molecule has 0 aromatic heterocycles. The fourth-order valence-corrected chi connectivity index (χ4v) is 0. The van der Waals surface area contributed by atoms with Crippen LogP contribution in [0.2, 0.25) is 0 Å². The van der Waals surface area contributed by atoms with Gasteiger partial charge in [-0.15, -0.1) is 0 Å². The van der Waals surface area contributed by atoms with Gasteiger partial charge in [0.1, 0.15) is 0 Å². The van der Waals surface area contributed by atoms with E-state index in [4.69, 9.17) is 0 Å². The molecule has 0 aliphatic carbocycles. The Hall–Kier alpha value is 3.40. The van der Waals surface area contributed by atoms with Crippen molar-refractivity contribution in [3.8, 4) is 0 Å². The van der Waals surface area contributed by atoms with E-state index in [-0.39, 0.29) is 80.3 Å². The molecule has 0 bridgehead atoms. The van der Waals surface area contributed by atoms with E-state index in [2.05, 4.69) is 0 Å². The van der Waals surface area contributed by atoms with E-state index in [0.717, 1.165) is 0 Å². The molecule has 5 heteroatoms. The molecule has 0 radical (unpaired) electrons. The SMILES string of the molecule is [BH2][Mo].[CaH2].[MgH2].[Zn]. The summed E-state index contributed by atoms with van der Waals surface area (Å²) < 4.78 is 0. The largest absolute Gasteiger partial charge is 0.316 e. The van der Waals surface area contributed by atoms with Crippen molar-refractivity contribution in [2.75, 3.05) is 0 Å². The summed E-state index contributed by atoms with van der Waals surface area (Å²) in [6.07, 6.45) is 2.01. The van der Waals surface area contributed by atoms with Crippen LogP contribution in [0.15, 0.2) is 0 Å². The van der Waals surface area contributed by atoms with Crippen LogP contribution in [0.3, 0.4) is 0 Å². The molecule has 0 fully saturated rings. The molecule has 0 rings (SSSR count). The third-order valence-electron chi connectivity index (χ3n) is 0. The predicted octanol–water partition coefficient (Wildman–Crippen LogP) is -2.75. The summed E-state index contributed by atoms with van der Waals surface area (Å²) in [5.41, 5.74) is 0. The standard InChI is InChI=1S/BH2.Ca.Mg.Mo.Zn.4H/h1H2;;;;;;;;/q+1;;;-1;;;;;. The van der Waals surface area contributed by atoms with Crippen LogP contribution in [0.4, 0.5) is 0 Å². The van der Waals surface area contributed by atoms with Gasteiger partial charge in [-0.25, -0.2) is 0 Å². The fraction of sp³-hybridized carbons (Fsp3) is 0. The minimum absolute atomic E-state index is 0. The average molecular weight is 243 g/mol. The molecule has 0 amide bonds. The molecule has 0 nitrogen and oxygen atoms in total. The molecule has 0 N–H and O–H groups in total. The first kappa shape index (κ1) is 23.8. The number of hydrogen-bond acceptors (Lipinski definition) is 0. The van der Waals surface area contributed by atoms with Crippen LogP contribution in [-0.2, 0) is 39.1 Å². The third-order valence-corrected chi connectivity index (χ3v) is 0. The first-order chi connectivity index (χ1) is 1.00. The van der Waals surface area contributed by atoms with Crippen LogP contribution in [0.25, 0.3) is 0 Å². The second-order valence-corrected chi connectivity index (χ2v) is 0. The molecule has 0 aromatic carbocycles. The fourth-order valence-electron chi connectivity index (χ4n) is 0. The zero-order valence-corrected chi connectivity index (χ0v) is 7.09. The number of hydrogen-bond donors (Lipinski definition) is 0. The van der Waals surface area contributed by atoms with Crippen molar-refractivity contribution in [3.05, 3.63) is 0 Å². The Bertz CT molecular complexity index is 11.6. The minimum atomic E-state index is 0. The average Bonchev–Trinajstić information content (AvgIpc) is 1.00. The molecule has 0 saturated carbocycles. The second-order valence-electron chi connectivity index (χ2n) is 0. The maximum Gasteiger partial charge on any atom is 0.316 e. The van der Waals surface area contributed by atoms with Gasteiger partial charge in [-0.05, 0) is 0 Å². The van der Waals surface area contributed by atoms with Crippen LogP contribution >= 0.6 is 0 Å². The van der Waals surface area contributed by atoms with Crippen molar-refractivity contribution in [2.45, 2.75) is 0 Å². The zero-order chi connectivity index (χ0) is 2.00. The van der Waals surface area contributed by atoms with Crippen LogP contribution in [0, 0.1) is 0 Å². The summed E-state index contributed by atoms with van der Waals surface area (Å²) in [5.74, 6) is 0. The van der Waals surface area contributed by atoms with Gasteiger partial charge in [-0.2, -0.15) is 0 Å². The van der Waals surface area contributed by atoms with E-state index in [9.17, 15) is 0 Å². The predicted molar refractivity (Wildman–Crippen MR) is 25.6 cm³/mol. The first-order valence-electron chi connectivity index (χ1n) is 0.408. The second kappa shape index (κ2) is 26.2. The topological polar surface area (TPSA) is 0 Å². The van der Waals surface area contributed by atoms with Gasteiger partial charge < -0.3 is 0 Å². The van der Waals surface area contributed by atoms with Gasteiger partial charge in [0, 0.05) is 19.5 Å². The Morgan fingerprint density at radius 3 is 1.20 bits per heavy atom. The van der Waals surface area contributed by atoms with Gasteiger partial charge in [0.05, 0.1) is 0 Å². The van der Waals surface area contributed by atoms with Crippen LogP contribution < -0.4 is 0 Å². The summed E-state index contributed by atoms with van der Waals surface area (Å²) >= 11 is 1.95. The van der Waals surface area contributed by atoms with Crippen molar-refractivity contribution < 1.29 is 39.1 Å². The summed E-state index contributed by atoms with van der Waals surface area (Å²) in [5, 5.41) is 0. The molecular weight excluding hydrogens is 237 g/mol. The van der Waals surface area contributed by atoms with Gasteiger partial charge in [-0.1, -0.05) is 0 Å². The van der Waals surface area contributed by atoms with Gasteiger partial charge >= 0.3 is 86.5 Å². The summed E-state index contributed by atoms with van der Waals surface area (Å²) in [7, 11) is 0. The quantitative estimate of drug-likeness (QED) is 0.404. The molecule has 0 aliphatic heterocycles. The van der Waals surface area contributed by atoms with E-state index in [1.165, 1.54) is 0 Å². The van der Waals surface area contributed by atoms with Crippen molar-refractivity contribution in [1.82, 2.24) is 0 Å². The monoisotopic (exact) mass is 243 g/mol. The molecule has 0 spiro atoms. The summed E-state index contributed by atoms with van der Waals surface area (Å²) in [6, 6.07) is 0. The smallest absolute Gasteiger partial charge is 0 e. The maximum absolute atomic E-state index is 2.01. The van der Waals surface area contributed by atoms with Crippen LogP contribution in [-0.4, -0.2) is 66.9 Å². The Kier molecular flexibility index (Phi) is 125. The van der Waals surface area contributed by atoms with Crippen molar-refractivity contribution in [3.63, 3.8) is 0 Å². The maximum atomic E-state index is 2.01. The Morgan fingerprint density at radius 1 is 1.20 bits per heavy atom. The summed E-state index contributed by atoms with van der Waals surface area (Å²) in [4.78, 5) is 0. The molecular formula is H6BCaMgMoZn. The molecule has 21 valence electrons. The minimum Gasteiger partial charge on any atom is 0 e. The van der Waals surface area contributed by atoms with Gasteiger partial charge in [-0.3, -0.25) is 0 Å². The normalized spacial score (nSPS) is 0.800. The van der Waals surface area contributed by atoms with E-state index >= 15 is 0 Å². The van der Waals surface area contributed by atoms with Crippen LogP contribution in [0.1, 0.15) is 0 Å². The number of rotatable bonds is 0. The van der Waals surface area contributed by atoms with Crippen molar-refractivity contribution >= 4 is 66.9 Å². The molecule has 0 atom stereocenters. The van der Waals surface area contributed by atoms with E-state index in [0.29, 0.717) is 0 Å².